The van der Waals surface area contributed by atoms with E-state index in [1.807, 2.05) is 54.3 Å². The van der Waals surface area contributed by atoms with E-state index >= 15 is 0 Å². The molecule has 7 rings (SSSR count). The van der Waals surface area contributed by atoms with Gasteiger partial charge in [0.15, 0.2) is 11.5 Å². The van der Waals surface area contributed by atoms with E-state index in [9.17, 15) is 9.18 Å². The molecule has 8 nitrogen and oxygen atoms in total. The van der Waals surface area contributed by atoms with E-state index in [4.69, 9.17) is 14.5 Å². The van der Waals surface area contributed by atoms with Gasteiger partial charge >= 0.3 is 0 Å². The van der Waals surface area contributed by atoms with E-state index in [-0.39, 0.29) is 17.8 Å². The largest absolute Gasteiger partial charge is 0.493 e. The van der Waals surface area contributed by atoms with Crippen molar-refractivity contribution in [3.05, 3.63) is 119 Å². The Hall–Kier alpha value is -4.89. The molecule has 2 saturated heterocycles. The summed E-state index contributed by atoms with van der Waals surface area (Å²) >= 11 is 0. The first-order valence-corrected chi connectivity index (χ1v) is 18.1. The number of halogens is 1. The van der Waals surface area contributed by atoms with Crippen molar-refractivity contribution in [1.82, 2.24) is 19.4 Å². The van der Waals surface area contributed by atoms with Crippen LogP contribution in [0.25, 0.3) is 11.0 Å². The van der Waals surface area contributed by atoms with Crippen LogP contribution in [0.4, 0.5) is 10.3 Å². The van der Waals surface area contributed by atoms with Crippen LogP contribution in [0.15, 0.2) is 91.0 Å². The van der Waals surface area contributed by atoms with Crippen LogP contribution in [0.1, 0.15) is 47.9 Å². The maximum atomic E-state index is 14.4. The Morgan fingerprint density at radius 2 is 1.61 bits per heavy atom. The minimum absolute atomic E-state index is 0.232. The highest BCUT2D eigenvalue weighted by Crippen LogP contribution is 2.41. The molecular weight excluding hydrogens is 641 g/mol. The highest BCUT2D eigenvalue weighted by molar-refractivity contribution is 5.85. The van der Waals surface area contributed by atoms with Crippen LogP contribution in [-0.4, -0.2) is 71.7 Å². The summed E-state index contributed by atoms with van der Waals surface area (Å²) in [6.07, 6.45) is 4.40. The van der Waals surface area contributed by atoms with Crippen molar-refractivity contribution in [2.24, 2.45) is 5.41 Å². The molecule has 1 atom stereocenters. The molecule has 1 amide bonds. The highest BCUT2D eigenvalue weighted by Gasteiger charge is 2.46. The molecule has 1 aromatic heterocycles. The van der Waals surface area contributed by atoms with Gasteiger partial charge in [0.2, 0.25) is 11.9 Å². The van der Waals surface area contributed by atoms with Gasteiger partial charge in [-0.2, -0.15) is 0 Å². The third-order valence-corrected chi connectivity index (χ3v) is 10.8. The van der Waals surface area contributed by atoms with Gasteiger partial charge in [-0.15, -0.1) is 0 Å². The molecule has 0 bridgehead atoms. The lowest BCUT2D eigenvalue weighted by molar-refractivity contribution is -0.137. The van der Waals surface area contributed by atoms with Crippen molar-refractivity contribution in [2.75, 3.05) is 45.7 Å². The Bertz CT molecular complexity index is 1960. The second kappa shape index (κ2) is 15.2. The Labute approximate surface area is 300 Å². The number of para-hydroxylation sites is 2. The number of hydrogen-bond donors (Lipinski definition) is 1. The monoisotopic (exact) mass is 689 g/mol. The predicted molar refractivity (Wildman–Crippen MR) is 200 cm³/mol. The molecule has 266 valence electrons. The molecule has 2 fully saturated rings. The Morgan fingerprint density at radius 3 is 2.35 bits per heavy atom. The minimum atomic E-state index is -0.437. The van der Waals surface area contributed by atoms with Crippen LogP contribution in [0, 0.1) is 18.2 Å². The third kappa shape index (κ3) is 7.59. The Balaban J connectivity index is 1.01. The molecule has 0 aliphatic carbocycles. The lowest BCUT2D eigenvalue weighted by Crippen LogP contribution is -2.43. The van der Waals surface area contributed by atoms with Crippen molar-refractivity contribution < 1.29 is 18.7 Å². The maximum Gasteiger partial charge on any atom is 0.229 e. The maximum absolute atomic E-state index is 14.4. The van der Waals surface area contributed by atoms with Crippen molar-refractivity contribution in [3.63, 3.8) is 0 Å². The smallest absolute Gasteiger partial charge is 0.229 e. The number of amides is 1. The Kier molecular flexibility index (Phi) is 10.3. The van der Waals surface area contributed by atoms with E-state index in [1.54, 1.807) is 14.2 Å². The van der Waals surface area contributed by atoms with Gasteiger partial charge in [0.05, 0.1) is 37.2 Å². The average Bonchev–Trinajstić information content (AvgIpc) is 3.64. The number of likely N-dealkylation sites (tertiary alicyclic amines) is 2. The molecular formula is C42H48FN5O3. The van der Waals surface area contributed by atoms with Gasteiger partial charge in [-0.3, -0.25) is 4.79 Å². The van der Waals surface area contributed by atoms with Crippen LogP contribution in [-0.2, 0) is 24.3 Å². The quantitative estimate of drug-likeness (QED) is 0.138. The number of ether oxygens (including phenoxy) is 2. The second-order valence-electron chi connectivity index (χ2n) is 14.2. The molecule has 1 N–H and O–H groups in total. The number of piperidine rings is 1. The van der Waals surface area contributed by atoms with Crippen LogP contribution >= 0.6 is 0 Å². The lowest BCUT2D eigenvalue weighted by atomic mass is 9.77. The molecule has 2 aliphatic heterocycles. The minimum Gasteiger partial charge on any atom is -0.493 e. The average molecular weight is 690 g/mol. The summed E-state index contributed by atoms with van der Waals surface area (Å²) in [6, 6.07) is 29.7. The molecule has 0 radical (unpaired) electrons. The number of benzene rings is 4. The van der Waals surface area contributed by atoms with Crippen molar-refractivity contribution in [1.29, 1.82) is 0 Å². The fraction of sp³-hybridized carbons (Fsp3) is 0.381. The van der Waals surface area contributed by atoms with E-state index in [2.05, 4.69) is 51.2 Å². The van der Waals surface area contributed by atoms with Crippen LogP contribution in [0.3, 0.4) is 0 Å². The van der Waals surface area contributed by atoms with Crippen LogP contribution in [0.2, 0.25) is 0 Å². The molecule has 1 unspecified atom stereocenters. The van der Waals surface area contributed by atoms with E-state index in [1.165, 1.54) is 17.7 Å². The van der Waals surface area contributed by atoms with Gasteiger partial charge in [0.1, 0.15) is 5.82 Å². The van der Waals surface area contributed by atoms with E-state index in [0.717, 1.165) is 97.7 Å². The first-order valence-electron chi connectivity index (χ1n) is 18.1. The first kappa shape index (κ1) is 34.6. The molecule has 4 aromatic carbocycles. The normalized spacial score (nSPS) is 18.4. The molecule has 2 aliphatic rings. The number of nitrogens with one attached hydrogen (secondary N) is 1. The zero-order valence-corrected chi connectivity index (χ0v) is 29.9. The number of methoxy groups -OCH3 is 2. The number of hydrogen-bond acceptors (Lipinski definition) is 6. The summed E-state index contributed by atoms with van der Waals surface area (Å²) in [5.41, 5.74) is 5.85. The highest BCUT2D eigenvalue weighted by atomic mass is 19.1. The first-order chi connectivity index (χ1) is 24.8. The number of fused-ring (bicyclic) bond motifs is 1. The number of aryl methyl sites for hydroxylation is 1. The lowest BCUT2D eigenvalue weighted by Gasteiger charge is -2.35. The fourth-order valence-electron chi connectivity index (χ4n) is 8.03. The SMILES string of the molecule is COc1cc(CN2CCC(CCN3CCC(Nc4nc5ccccc5n4Cc4ccc(F)cc4)CC3)(Cc3ccccc3)C2=O)cc(C)c1OC. The summed E-state index contributed by atoms with van der Waals surface area (Å²) < 4.78 is 27.0. The number of carbonyl (C=O) groups excluding carboxylic acids is 1. The zero-order valence-electron chi connectivity index (χ0n) is 29.9. The van der Waals surface area contributed by atoms with Gasteiger partial charge in [0.25, 0.3) is 0 Å². The van der Waals surface area contributed by atoms with E-state index in [0.29, 0.717) is 18.8 Å². The van der Waals surface area contributed by atoms with Gasteiger partial charge in [-0.1, -0.05) is 60.7 Å². The molecule has 0 spiro atoms. The van der Waals surface area contributed by atoms with E-state index < -0.39 is 5.41 Å². The van der Waals surface area contributed by atoms with Gasteiger partial charge in [-0.25, -0.2) is 9.37 Å². The summed E-state index contributed by atoms with van der Waals surface area (Å²) in [6.45, 7) is 6.72. The van der Waals surface area contributed by atoms with Gasteiger partial charge in [-0.05, 0) is 98.2 Å². The number of rotatable bonds is 13. The van der Waals surface area contributed by atoms with Crippen molar-refractivity contribution in [2.45, 2.75) is 58.2 Å². The van der Waals surface area contributed by atoms with Crippen LogP contribution in [0.5, 0.6) is 11.5 Å². The van der Waals surface area contributed by atoms with Crippen molar-refractivity contribution in [3.8, 4) is 11.5 Å². The number of imidazole rings is 1. The molecule has 9 heteroatoms. The number of carbonyl (C=O) groups is 1. The summed E-state index contributed by atoms with van der Waals surface area (Å²) in [4.78, 5) is 23.9. The Morgan fingerprint density at radius 1 is 0.863 bits per heavy atom. The summed E-state index contributed by atoms with van der Waals surface area (Å²) in [5.74, 6) is 2.29. The predicted octanol–water partition coefficient (Wildman–Crippen LogP) is 7.48. The number of anilines is 1. The van der Waals surface area contributed by atoms with Crippen molar-refractivity contribution >= 4 is 22.9 Å². The summed E-state index contributed by atoms with van der Waals surface area (Å²) in [7, 11) is 3.30. The number of nitrogens with zero attached hydrogens (tertiary/aromatic N) is 4. The zero-order chi connectivity index (χ0) is 35.4. The standard InChI is InChI=1S/C42H48FN5O3/c1-30-25-33(26-38(50-2)39(30)51-3)28-47-24-20-42(40(47)49,27-31-9-5-4-6-10-31)19-23-46-21-17-35(18-22-46)44-41-45-36-11-7-8-12-37(36)48(41)29-32-13-15-34(43)16-14-32/h4-16,25-26,35H,17-24,27-29H2,1-3H3,(H,44,45). The van der Waals surface area contributed by atoms with Crippen LogP contribution < -0.4 is 14.8 Å². The third-order valence-electron chi connectivity index (χ3n) is 10.8. The van der Waals surface area contributed by atoms with Gasteiger partial charge < -0.3 is 29.2 Å². The molecule has 5 aromatic rings. The second-order valence-corrected chi connectivity index (χ2v) is 14.2. The number of aromatic nitrogens is 2. The molecule has 3 heterocycles. The fourth-order valence-corrected chi connectivity index (χ4v) is 8.03. The van der Waals surface area contributed by atoms with Gasteiger partial charge in [0, 0.05) is 32.2 Å². The molecule has 51 heavy (non-hydrogen) atoms. The molecule has 0 saturated carbocycles. The summed E-state index contributed by atoms with van der Waals surface area (Å²) in [5, 5.41) is 3.76. The topological polar surface area (TPSA) is 71.9 Å².